The number of nitrogens with one attached hydrogen (secondary N) is 1. The van der Waals surface area contributed by atoms with Crippen LogP contribution in [0.25, 0.3) is 5.65 Å². The third kappa shape index (κ3) is 4.52. The Morgan fingerprint density at radius 1 is 1.13 bits per heavy atom. The van der Waals surface area contributed by atoms with Crippen LogP contribution >= 0.6 is 0 Å². The molecule has 1 aliphatic rings. The Morgan fingerprint density at radius 3 is 2.55 bits per heavy atom. The van der Waals surface area contributed by atoms with Gasteiger partial charge in [0.2, 0.25) is 5.91 Å². The molecule has 1 aromatic carbocycles. The average Bonchev–Trinajstić information content (AvgIpc) is 3.14. The summed E-state index contributed by atoms with van der Waals surface area (Å²) < 4.78 is 1.64. The number of carbonyl (C=O) groups is 2. The molecule has 1 saturated heterocycles. The fourth-order valence-electron chi connectivity index (χ4n) is 3.83. The first-order chi connectivity index (χ1) is 14.7. The van der Waals surface area contributed by atoms with Gasteiger partial charge in [0.25, 0.3) is 5.91 Å². The van der Waals surface area contributed by atoms with E-state index >= 15 is 0 Å². The first kappa shape index (κ1) is 20.8. The van der Waals surface area contributed by atoms with Crippen LogP contribution in [0, 0.1) is 5.92 Å². The molecular weight excluding hydrogens is 392 g/mol. The maximum atomic E-state index is 12.6. The Morgan fingerprint density at radius 2 is 1.87 bits per heavy atom. The van der Waals surface area contributed by atoms with Crippen molar-refractivity contribution in [2.75, 3.05) is 23.3 Å². The van der Waals surface area contributed by atoms with Crippen molar-refractivity contribution in [3.63, 3.8) is 0 Å². The van der Waals surface area contributed by atoms with Gasteiger partial charge in [0.1, 0.15) is 5.82 Å². The van der Waals surface area contributed by atoms with Crippen molar-refractivity contribution in [2.24, 2.45) is 11.7 Å². The monoisotopic (exact) mass is 420 g/mol. The molecule has 1 aliphatic heterocycles. The molecule has 8 nitrogen and oxygen atoms in total. The van der Waals surface area contributed by atoms with Crippen molar-refractivity contribution < 1.29 is 9.59 Å². The number of anilines is 2. The Bertz CT molecular complexity index is 1110. The van der Waals surface area contributed by atoms with Crippen LogP contribution in [-0.2, 0) is 10.2 Å². The van der Waals surface area contributed by atoms with E-state index in [9.17, 15) is 9.59 Å². The van der Waals surface area contributed by atoms with Crippen LogP contribution in [0.2, 0.25) is 0 Å². The third-order valence-electron chi connectivity index (χ3n) is 5.71. The van der Waals surface area contributed by atoms with Gasteiger partial charge < -0.3 is 16.0 Å². The number of rotatable bonds is 4. The predicted molar refractivity (Wildman–Crippen MR) is 120 cm³/mol. The van der Waals surface area contributed by atoms with E-state index in [2.05, 4.69) is 41.1 Å². The quantitative estimate of drug-likeness (QED) is 0.675. The van der Waals surface area contributed by atoms with E-state index in [1.807, 2.05) is 36.4 Å². The number of carbonyl (C=O) groups excluding carboxylic acids is 2. The molecule has 3 aromatic rings. The average molecular weight is 421 g/mol. The third-order valence-corrected chi connectivity index (χ3v) is 5.71. The summed E-state index contributed by atoms with van der Waals surface area (Å²) in [7, 11) is 0. The van der Waals surface area contributed by atoms with Gasteiger partial charge in [0.05, 0.1) is 12.1 Å². The van der Waals surface area contributed by atoms with Crippen LogP contribution in [0.1, 0.15) is 49.5 Å². The van der Waals surface area contributed by atoms with E-state index in [1.165, 1.54) is 5.56 Å². The Balaban J connectivity index is 1.49. The highest BCUT2D eigenvalue weighted by Gasteiger charge is 2.25. The summed E-state index contributed by atoms with van der Waals surface area (Å²) >= 11 is 0. The molecule has 0 radical (unpaired) electrons. The van der Waals surface area contributed by atoms with Crippen LogP contribution in [-0.4, -0.2) is 39.5 Å². The molecule has 3 heterocycles. The van der Waals surface area contributed by atoms with Crippen molar-refractivity contribution in [3.8, 4) is 0 Å². The molecule has 0 aliphatic carbocycles. The number of hydrogen-bond donors (Lipinski definition) is 2. The summed E-state index contributed by atoms with van der Waals surface area (Å²) in [5.74, 6) is 0.543. The van der Waals surface area contributed by atoms with E-state index < -0.39 is 0 Å². The van der Waals surface area contributed by atoms with Crippen LogP contribution in [0.3, 0.4) is 0 Å². The maximum absolute atomic E-state index is 12.6. The van der Waals surface area contributed by atoms with Crippen LogP contribution < -0.4 is 16.0 Å². The fraction of sp³-hybridized carbons (Fsp3) is 0.391. The highest BCUT2D eigenvalue weighted by atomic mass is 16.2. The summed E-state index contributed by atoms with van der Waals surface area (Å²) in [4.78, 5) is 30.7. The van der Waals surface area contributed by atoms with E-state index in [1.54, 1.807) is 10.7 Å². The molecule has 0 bridgehead atoms. The lowest BCUT2D eigenvalue weighted by Crippen LogP contribution is -2.41. The Labute approximate surface area is 181 Å². The van der Waals surface area contributed by atoms with Crippen molar-refractivity contribution >= 4 is 29.1 Å². The second-order valence-corrected chi connectivity index (χ2v) is 9.09. The zero-order valence-corrected chi connectivity index (χ0v) is 18.1. The molecule has 1 fully saturated rings. The topological polar surface area (TPSA) is 106 Å². The molecule has 0 spiro atoms. The number of primary amides is 1. The fourth-order valence-corrected chi connectivity index (χ4v) is 3.83. The second kappa shape index (κ2) is 8.02. The van der Waals surface area contributed by atoms with Crippen LogP contribution in [0.15, 0.2) is 42.6 Å². The lowest BCUT2D eigenvalue weighted by Gasteiger charge is -2.31. The zero-order valence-electron chi connectivity index (χ0n) is 18.1. The second-order valence-electron chi connectivity index (χ2n) is 9.09. The lowest BCUT2D eigenvalue weighted by molar-refractivity contribution is -0.122. The van der Waals surface area contributed by atoms with E-state index in [0.29, 0.717) is 23.6 Å². The number of piperidine rings is 1. The number of amides is 2. The zero-order chi connectivity index (χ0) is 22.2. The largest absolute Gasteiger partial charge is 0.369 e. The van der Waals surface area contributed by atoms with Crippen molar-refractivity contribution in [3.05, 3.63) is 53.7 Å². The molecule has 2 amide bonds. The molecule has 1 atom stereocenters. The number of fused-ring (bicyclic) bond motifs is 1. The molecule has 3 N–H and O–H groups in total. The summed E-state index contributed by atoms with van der Waals surface area (Å²) in [5.41, 5.74) is 7.89. The van der Waals surface area contributed by atoms with Gasteiger partial charge in [0.15, 0.2) is 11.5 Å². The van der Waals surface area contributed by atoms with E-state index in [0.717, 1.165) is 25.2 Å². The first-order valence-corrected chi connectivity index (χ1v) is 10.5. The standard InChI is InChI=1S/C23H28N6O2/c1-23(2,3)17-8-6-15(7-9-17)22(31)26-18-14-29-19(25-18)10-11-20(27-29)28-12-4-5-16(13-28)21(24)30/h6-11,14,16H,4-5,12-13H2,1-3H3,(H2,24,30)(H,26,31). The summed E-state index contributed by atoms with van der Waals surface area (Å²) in [6, 6.07) is 11.3. The van der Waals surface area contributed by atoms with Gasteiger partial charge in [0, 0.05) is 18.7 Å². The molecule has 0 saturated carbocycles. The van der Waals surface area contributed by atoms with Crippen LogP contribution in [0.4, 0.5) is 11.6 Å². The minimum absolute atomic E-state index is 0.0335. The number of imidazole rings is 1. The minimum atomic E-state index is -0.269. The van der Waals surface area contributed by atoms with Gasteiger partial charge in [-0.1, -0.05) is 32.9 Å². The first-order valence-electron chi connectivity index (χ1n) is 10.5. The molecular formula is C23H28N6O2. The molecule has 8 heteroatoms. The number of hydrogen-bond acceptors (Lipinski definition) is 5. The van der Waals surface area contributed by atoms with Gasteiger partial charge in [-0.05, 0) is 48.1 Å². The smallest absolute Gasteiger partial charge is 0.256 e. The highest BCUT2D eigenvalue weighted by Crippen LogP contribution is 2.24. The van der Waals surface area contributed by atoms with Gasteiger partial charge in [-0.15, -0.1) is 5.10 Å². The normalized spacial score (nSPS) is 17.0. The molecule has 2 aromatic heterocycles. The van der Waals surface area contributed by atoms with Gasteiger partial charge in [-0.2, -0.15) is 0 Å². The van der Waals surface area contributed by atoms with E-state index in [-0.39, 0.29) is 23.1 Å². The number of nitrogens with two attached hydrogens (primary N) is 1. The molecule has 162 valence electrons. The molecule has 1 unspecified atom stereocenters. The Kier molecular flexibility index (Phi) is 5.39. The van der Waals surface area contributed by atoms with Gasteiger partial charge in [-0.3, -0.25) is 9.59 Å². The predicted octanol–water partition coefficient (Wildman–Crippen LogP) is 2.98. The van der Waals surface area contributed by atoms with Crippen molar-refractivity contribution in [1.82, 2.24) is 14.6 Å². The maximum Gasteiger partial charge on any atom is 0.256 e. The SMILES string of the molecule is CC(C)(C)c1ccc(C(=O)Nc2cn3nc(N4CCCC(C(N)=O)C4)ccc3n2)cc1. The van der Waals surface area contributed by atoms with Crippen molar-refractivity contribution in [1.29, 1.82) is 0 Å². The lowest BCUT2D eigenvalue weighted by atomic mass is 9.87. The number of aromatic nitrogens is 3. The van der Waals surface area contributed by atoms with Crippen molar-refractivity contribution in [2.45, 2.75) is 39.0 Å². The highest BCUT2D eigenvalue weighted by molar-refractivity contribution is 6.03. The summed E-state index contributed by atoms with van der Waals surface area (Å²) in [6.07, 6.45) is 3.40. The van der Waals surface area contributed by atoms with E-state index in [4.69, 9.17) is 5.73 Å². The van der Waals surface area contributed by atoms with Crippen LogP contribution in [0.5, 0.6) is 0 Å². The summed E-state index contributed by atoms with van der Waals surface area (Å²) in [5, 5.41) is 7.45. The molecule has 31 heavy (non-hydrogen) atoms. The number of benzene rings is 1. The van der Waals surface area contributed by atoms with Gasteiger partial charge >= 0.3 is 0 Å². The Hall–Kier alpha value is -3.42. The summed E-state index contributed by atoms with van der Waals surface area (Å²) in [6.45, 7) is 7.80. The number of nitrogens with zero attached hydrogens (tertiary/aromatic N) is 4. The minimum Gasteiger partial charge on any atom is -0.369 e. The molecule has 4 rings (SSSR count). The van der Waals surface area contributed by atoms with Gasteiger partial charge in [-0.25, -0.2) is 9.50 Å².